The third-order valence-corrected chi connectivity index (χ3v) is 1.57. The molecular weight excluding hydrogens is 116 g/mol. The highest BCUT2D eigenvalue weighted by atomic mass is 16.2. The van der Waals surface area contributed by atoms with Crippen LogP contribution in [-0.2, 0) is 4.79 Å². The zero-order valence-corrected chi connectivity index (χ0v) is 5.47. The lowest BCUT2D eigenvalue weighted by Crippen LogP contribution is -2.42. The van der Waals surface area contributed by atoms with E-state index in [1.807, 2.05) is 4.90 Å². The van der Waals surface area contributed by atoms with E-state index in [1.54, 1.807) is 0 Å². The van der Waals surface area contributed by atoms with Crippen LogP contribution < -0.4 is 5.73 Å². The van der Waals surface area contributed by atoms with Crippen LogP contribution in [0.3, 0.4) is 0 Å². The Morgan fingerprint density at radius 2 is 2.22 bits per heavy atom. The van der Waals surface area contributed by atoms with Crippen molar-refractivity contribution in [3.05, 3.63) is 0 Å². The van der Waals surface area contributed by atoms with Crippen molar-refractivity contribution in [1.82, 2.24) is 4.90 Å². The van der Waals surface area contributed by atoms with Gasteiger partial charge in [-0.3, -0.25) is 4.79 Å². The molecule has 1 amide bonds. The predicted octanol–water partition coefficient (Wildman–Crippen LogP) is -0.433. The Balaban J connectivity index is 2.16. The van der Waals surface area contributed by atoms with Crippen molar-refractivity contribution in [1.29, 1.82) is 0 Å². The van der Waals surface area contributed by atoms with Crippen LogP contribution in [0.15, 0.2) is 0 Å². The summed E-state index contributed by atoms with van der Waals surface area (Å²) in [5.74, 6) is 0.212. The average Bonchev–Trinajstić information content (AvgIpc) is 1.60. The number of hydrogen-bond donors (Lipinski definition) is 1. The van der Waals surface area contributed by atoms with Gasteiger partial charge in [-0.2, -0.15) is 0 Å². The Bertz CT molecular complexity index is 110. The van der Waals surface area contributed by atoms with Crippen LogP contribution in [0.2, 0.25) is 0 Å². The third-order valence-electron chi connectivity index (χ3n) is 1.57. The summed E-state index contributed by atoms with van der Waals surface area (Å²) in [5.41, 5.74) is 5.20. The topological polar surface area (TPSA) is 46.3 Å². The first-order valence-corrected chi connectivity index (χ1v) is 3.32. The molecule has 0 aromatic rings. The molecule has 3 nitrogen and oxygen atoms in total. The van der Waals surface area contributed by atoms with Crippen LogP contribution in [0, 0.1) is 0 Å². The van der Waals surface area contributed by atoms with Gasteiger partial charge in [0.2, 0.25) is 5.91 Å². The molecule has 1 aliphatic heterocycles. The minimum atomic E-state index is 0.212. The fourth-order valence-corrected chi connectivity index (χ4v) is 0.847. The molecule has 0 atom stereocenters. The summed E-state index contributed by atoms with van der Waals surface area (Å²) in [7, 11) is 0. The van der Waals surface area contributed by atoms with Gasteiger partial charge in [0.15, 0.2) is 0 Å². The standard InChI is InChI=1S/C6H12N2O/c7-3-2-6(9)8-4-1-5-8/h1-5,7H2. The number of amides is 1. The van der Waals surface area contributed by atoms with Gasteiger partial charge in [0.05, 0.1) is 0 Å². The van der Waals surface area contributed by atoms with Gasteiger partial charge in [-0.25, -0.2) is 0 Å². The molecule has 2 N–H and O–H groups in total. The summed E-state index contributed by atoms with van der Waals surface area (Å²) in [4.78, 5) is 12.7. The van der Waals surface area contributed by atoms with Crippen LogP contribution in [0.25, 0.3) is 0 Å². The maximum atomic E-state index is 10.9. The van der Waals surface area contributed by atoms with E-state index in [4.69, 9.17) is 5.73 Å². The first-order chi connectivity index (χ1) is 4.34. The molecule has 0 unspecified atom stereocenters. The summed E-state index contributed by atoms with van der Waals surface area (Å²) >= 11 is 0. The van der Waals surface area contributed by atoms with Crippen LogP contribution in [0.1, 0.15) is 12.8 Å². The summed E-state index contributed by atoms with van der Waals surface area (Å²) in [5, 5.41) is 0. The zero-order chi connectivity index (χ0) is 6.69. The molecule has 0 bridgehead atoms. The van der Waals surface area contributed by atoms with E-state index in [2.05, 4.69) is 0 Å². The normalized spacial score (nSPS) is 17.2. The SMILES string of the molecule is NCCC(=O)N1CCC1. The minimum absolute atomic E-state index is 0.212. The van der Waals surface area contributed by atoms with Crippen LogP contribution in [0.5, 0.6) is 0 Å². The van der Waals surface area contributed by atoms with E-state index in [9.17, 15) is 4.79 Å². The first kappa shape index (κ1) is 6.55. The summed E-state index contributed by atoms with van der Waals surface area (Å²) < 4.78 is 0. The van der Waals surface area contributed by atoms with Crippen molar-refractivity contribution in [2.45, 2.75) is 12.8 Å². The van der Waals surface area contributed by atoms with Crippen molar-refractivity contribution in [2.24, 2.45) is 5.73 Å². The maximum absolute atomic E-state index is 10.9. The molecular formula is C6H12N2O. The van der Waals surface area contributed by atoms with E-state index in [-0.39, 0.29) is 5.91 Å². The lowest BCUT2D eigenvalue weighted by molar-refractivity contribution is -0.134. The fourth-order valence-electron chi connectivity index (χ4n) is 0.847. The molecule has 1 fully saturated rings. The number of hydrogen-bond acceptors (Lipinski definition) is 2. The molecule has 0 aliphatic carbocycles. The average molecular weight is 128 g/mol. The minimum Gasteiger partial charge on any atom is -0.343 e. The highest BCUT2D eigenvalue weighted by Gasteiger charge is 2.18. The molecule has 9 heavy (non-hydrogen) atoms. The Labute approximate surface area is 54.8 Å². The highest BCUT2D eigenvalue weighted by molar-refractivity contribution is 5.76. The predicted molar refractivity (Wildman–Crippen MR) is 34.9 cm³/mol. The van der Waals surface area contributed by atoms with E-state index in [0.717, 1.165) is 19.5 Å². The largest absolute Gasteiger partial charge is 0.343 e. The molecule has 1 aliphatic rings. The number of carbonyl (C=O) groups is 1. The number of likely N-dealkylation sites (tertiary alicyclic amines) is 1. The van der Waals surface area contributed by atoms with Crippen molar-refractivity contribution in [2.75, 3.05) is 19.6 Å². The molecule has 52 valence electrons. The molecule has 3 heteroatoms. The van der Waals surface area contributed by atoms with Gasteiger partial charge in [-0.15, -0.1) is 0 Å². The second kappa shape index (κ2) is 2.82. The van der Waals surface area contributed by atoms with Gasteiger partial charge in [0.25, 0.3) is 0 Å². The second-order valence-electron chi connectivity index (χ2n) is 2.27. The Hall–Kier alpha value is -0.570. The van der Waals surface area contributed by atoms with Crippen LogP contribution >= 0.6 is 0 Å². The molecule has 0 saturated carbocycles. The van der Waals surface area contributed by atoms with Gasteiger partial charge in [0, 0.05) is 26.1 Å². The smallest absolute Gasteiger partial charge is 0.223 e. The van der Waals surface area contributed by atoms with Crippen molar-refractivity contribution >= 4 is 5.91 Å². The molecule has 0 spiro atoms. The Morgan fingerprint density at radius 1 is 1.56 bits per heavy atom. The third kappa shape index (κ3) is 1.42. The summed E-state index contributed by atoms with van der Waals surface area (Å²) in [6.45, 7) is 2.37. The van der Waals surface area contributed by atoms with E-state index >= 15 is 0 Å². The van der Waals surface area contributed by atoms with Crippen molar-refractivity contribution in [3.8, 4) is 0 Å². The van der Waals surface area contributed by atoms with Gasteiger partial charge >= 0.3 is 0 Å². The lowest BCUT2D eigenvalue weighted by Gasteiger charge is -2.30. The van der Waals surface area contributed by atoms with Gasteiger partial charge < -0.3 is 10.6 Å². The van der Waals surface area contributed by atoms with Gasteiger partial charge in [-0.05, 0) is 6.42 Å². The van der Waals surface area contributed by atoms with E-state index in [1.165, 1.54) is 0 Å². The maximum Gasteiger partial charge on any atom is 0.223 e. The Morgan fingerprint density at radius 3 is 2.56 bits per heavy atom. The number of nitrogens with zero attached hydrogens (tertiary/aromatic N) is 1. The lowest BCUT2D eigenvalue weighted by atomic mass is 10.2. The first-order valence-electron chi connectivity index (χ1n) is 3.32. The quantitative estimate of drug-likeness (QED) is 0.548. The van der Waals surface area contributed by atoms with Crippen molar-refractivity contribution in [3.63, 3.8) is 0 Å². The van der Waals surface area contributed by atoms with Crippen LogP contribution in [-0.4, -0.2) is 30.4 Å². The molecule has 0 aromatic heterocycles. The van der Waals surface area contributed by atoms with Gasteiger partial charge in [0.1, 0.15) is 0 Å². The number of nitrogens with two attached hydrogens (primary N) is 1. The van der Waals surface area contributed by atoms with Gasteiger partial charge in [-0.1, -0.05) is 0 Å². The fraction of sp³-hybridized carbons (Fsp3) is 0.833. The van der Waals surface area contributed by atoms with Crippen molar-refractivity contribution < 1.29 is 4.79 Å². The summed E-state index contributed by atoms with van der Waals surface area (Å²) in [6, 6.07) is 0. The molecule has 0 radical (unpaired) electrons. The van der Waals surface area contributed by atoms with E-state index in [0.29, 0.717) is 13.0 Å². The zero-order valence-electron chi connectivity index (χ0n) is 5.47. The highest BCUT2D eigenvalue weighted by Crippen LogP contribution is 2.06. The molecule has 1 heterocycles. The number of rotatable bonds is 2. The molecule has 1 rings (SSSR count). The second-order valence-corrected chi connectivity index (χ2v) is 2.27. The molecule has 0 aromatic carbocycles. The monoisotopic (exact) mass is 128 g/mol. The number of carbonyl (C=O) groups excluding carboxylic acids is 1. The van der Waals surface area contributed by atoms with E-state index < -0.39 is 0 Å². The summed E-state index contributed by atoms with van der Waals surface area (Å²) in [6.07, 6.45) is 1.68. The van der Waals surface area contributed by atoms with Crippen LogP contribution in [0.4, 0.5) is 0 Å². The molecule has 1 saturated heterocycles. The Kier molecular flexibility index (Phi) is 2.05.